The maximum atomic E-state index is 12.5. The van der Waals surface area contributed by atoms with Crippen LogP contribution in [-0.4, -0.2) is 30.5 Å². The summed E-state index contributed by atoms with van der Waals surface area (Å²) >= 11 is 0. The van der Waals surface area contributed by atoms with Gasteiger partial charge in [-0.2, -0.15) is 15.0 Å². The number of hydrogen-bond donors (Lipinski definition) is 1. The number of nitrogens with zero attached hydrogens (tertiary/aromatic N) is 5. The van der Waals surface area contributed by atoms with Gasteiger partial charge < -0.3 is 5.32 Å². The van der Waals surface area contributed by atoms with Crippen LogP contribution < -0.4 is 10.9 Å². The van der Waals surface area contributed by atoms with E-state index in [1.807, 2.05) is 30.3 Å². The molecule has 1 N–H and O–H groups in total. The largest absolute Gasteiger partial charge is 0.346 e. The third-order valence-corrected chi connectivity index (χ3v) is 4.18. The van der Waals surface area contributed by atoms with Gasteiger partial charge in [0.15, 0.2) is 0 Å². The van der Waals surface area contributed by atoms with Gasteiger partial charge in [0.2, 0.25) is 5.91 Å². The van der Waals surface area contributed by atoms with Crippen LogP contribution in [0.15, 0.2) is 53.8 Å². The zero-order chi connectivity index (χ0) is 18.5. The van der Waals surface area contributed by atoms with E-state index in [9.17, 15) is 9.59 Å². The van der Waals surface area contributed by atoms with Gasteiger partial charge in [-0.05, 0) is 19.4 Å². The molecular formula is C18H20N6O2. The molecule has 0 saturated carbocycles. The number of carbonyl (C=O) groups is 1. The second-order valence-corrected chi connectivity index (χ2v) is 6.00. The maximum absolute atomic E-state index is 12.5. The quantitative estimate of drug-likeness (QED) is 0.714. The van der Waals surface area contributed by atoms with Crippen molar-refractivity contribution in [2.24, 2.45) is 0 Å². The highest BCUT2D eigenvalue weighted by molar-refractivity contribution is 5.76. The van der Waals surface area contributed by atoms with Crippen molar-refractivity contribution in [3.05, 3.63) is 76.2 Å². The van der Waals surface area contributed by atoms with Crippen LogP contribution in [0.25, 0.3) is 0 Å². The maximum Gasteiger partial charge on any atom is 0.256 e. The smallest absolute Gasteiger partial charge is 0.256 e. The van der Waals surface area contributed by atoms with Gasteiger partial charge in [-0.3, -0.25) is 14.2 Å². The lowest BCUT2D eigenvalue weighted by molar-refractivity contribution is -0.122. The van der Waals surface area contributed by atoms with E-state index in [4.69, 9.17) is 0 Å². The average molecular weight is 352 g/mol. The molecule has 8 heteroatoms. The van der Waals surface area contributed by atoms with E-state index in [0.717, 1.165) is 5.56 Å². The summed E-state index contributed by atoms with van der Waals surface area (Å²) in [5.74, 6) is -0.279. The molecule has 2 aromatic heterocycles. The summed E-state index contributed by atoms with van der Waals surface area (Å²) in [6.07, 6.45) is 4.57. The van der Waals surface area contributed by atoms with Gasteiger partial charge in [0, 0.05) is 11.3 Å². The minimum atomic E-state index is -0.314. The van der Waals surface area contributed by atoms with Gasteiger partial charge in [-0.15, -0.1) is 0 Å². The number of amides is 1. The molecule has 1 aromatic carbocycles. The third kappa shape index (κ3) is 4.02. The van der Waals surface area contributed by atoms with Crippen LogP contribution in [0.2, 0.25) is 0 Å². The molecule has 0 aliphatic heterocycles. The molecule has 1 unspecified atom stereocenters. The molecule has 0 aliphatic carbocycles. The number of aromatic nitrogens is 5. The Morgan fingerprint density at radius 2 is 1.85 bits per heavy atom. The van der Waals surface area contributed by atoms with Crippen molar-refractivity contribution >= 4 is 5.91 Å². The molecule has 0 radical (unpaired) electrons. The zero-order valence-electron chi connectivity index (χ0n) is 14.7. The predicted molar refractivity (Wildman–Crippen MR) is 95.3 cm³/mol. The topological polar surface area (TPSA) is 94.7 Å². The first-order valence-electron chi connectivity index (χ1n) is 8.25. The normalized spacial score (nSPS) is 11.9. The fraction of sp³-hybridized carbons (Fsp3) is 0.278. The molecule has 134 valence electrons. The molecule has 0 bridgehead atoms. The third-order valence-electron chi connectivity index (χ3n) is 4.18. The Labute approximate surface area is 150 Å². The second kappa shape index (κ2) is 7.73. The first-order chi connectivity index (χ1) is 12.5. The van der Waals surface area contributed by atoms with Crippen molar-refractivity contribution in [2.75, 3.05) is 0 Å². The number of nitrogens with one attached hydrogen (secondary N) is 1. The molecule has 3 rings (SSSR count). The second-order valence-electron chi connectivity index (χ2n) is 6.00. The van der Waals surface area contributed by atoms with E-state index in [-0.39, 0.29) is 24.1 Å². The van der Waals surface area contributed by atoms with Crippen LogP contribution in [-0.2, 0) is 17.9 Å². The Morgan fingerprint density at radius 3 is 2.54 bits per heavy atom. The highest BCUT2D eigenvalue weighted by Gasteiger charge is 2.17. The highest BCUT2D eigenvalue weighted by atomic mass is 16.2. The SMILES string of the molecule is Cc1ncn(CC(=O)NC(Cn2nccn2)c2ccccc2)c(=O)c1C. The van der Waals surface area contributed by atoms with Crippen molar-refractivity contribution in [2.45, 2.75) is 33.0 Å². The van der Waals surface area contributed by atoms with Crippen molar-refractivity contribution in [1.82, 2.24) is 29.9 Å². The standard InChI is InChI=1S/C18H20N6O2/c1-13-14(2)19-12-23(18(13)26)11-17(25)22-16(10-24-20-8-9-21-24)15-6-4-3-5-7-15/h3-9,12,16H,10-11H2,1-2H3,(H,22,25). The predicted octanol–water partition coefficient (Wildman–Crippen LogP) is 1.01. The number of carbonyl (C=O) groups excluding carboxylic acids is 1. The number of aryl methyl sites for hydroxylation is 1. The lowest BCUT2D eigenvalue weighted by atomic mass is 10.1. The molecule has 26 heavy (non-hydrogen) atoms. The Balaban J connectivity index is 1.77. The average Bonchev–Trinajstić information content (AvgIpc) is 3.15. The van der Waals surface area contributed by atoms with E-state index in [1.54, 1.807) is 26.2 Å². The van der Waals surface area contributed by atoms with Crippen molar-refractivity contribution in [1.29, 1.82) is 0 Å². The Bertz CT molecular complexity index is 934. The van der Waals surface area contributed by atoms with Crippen LogP contribution in [0.5, 0.6) is 0 Å². The van der Waals surface area contributed by atoms with E-state index in [2.05, 4.69) is 20.5 Å². The monoisotopic (exact) mass is 352 g/mol. The minimum Gasteiger partial charge on any atom is -0.346 e. The summed E-state index contributed by atoms with van der Waals surface area (Å²) in [6, 6.07) is 9.27. The van der Waals surface area contributed by atoms with E-state index < -0.39 is 0 Å². The van der Waals surface area contributed by atoms with Gasteiger partial charge in [-0.1, -0.05) is 30.3 Å². The number of hydrogen-bond acceptors (Lipinski definition) is 5. The minimum absolute atomic E-state index is 0.0944. The van der Waals surface area contributed by atoms with Crippen LogP contribution >= 0.6 is 0 Å². The van der Waals surface area contributed by atoms with Crippen molar-refractivity contribution in [3.8, 4) is 0 Å². The molecule has 0 fully saturated rings. The Morgan fingerprint density at radius 1 is 1.15 bits per heavy atom. The van der Waals surface area contributed by atoms with Gasteiger partial charge in [0.05, 0.1) is 31.3 Å². The van der Waals surface area contributed by atoms with Crippen LogP contribution in [0, 0.1) is 13.8 Å². The number of rotatable bonds is 6. The lowest BCUT2D eigenvalue weighted by Crippen LogP contribution is -2.37. The lowest BCUT2D eigenvalue weighted by Gasteiger charge is -2.19. The molecule has 1 atom stereocenters. The zero-order valence-corrected chi connectivity index (χ0v) is 14.7. The Hall–Kier alpha value is -3.29. The number of benzene rings is 1. The summed E-state index contributed by atoms with van der Waals surface area (Å²) in [6.45, 7) is 3.77. The van der Waals surface area contributed by atoms with E-state index in [1.165, 1.54) is 15.7 Å². The Kier molecular flexibility index (Phi) is 5.21. The summed E-state index contributed by atoms with van der Waals surface area (Å²) in [4.78, 5) is 30.4. The molecule has 2 heterocycles. The van der Waals surface area contributed by atoms with Crippen LogP contribution in [0.1, 0.15) is 22.9 Å². The molecule has 8 nitrogen and oxygen atoms in total. The molecule has 0 saturated heterocycles. The van der Waals surface area contributed by atoms with Gasteiger partial charge in [-0.25, -0.2) is 4.98 Å². The highest BCUT2D eigenvalue weighted by Crippen LogP contribution is 2.14. The molecule has 0 spiro atoms. The van der Waals surface area contributed by atoms with Crippen molar-refractivity contribution in [3.63, 3.8) is 0 Å². The van der Waals surface area contributed by atoms with Gasteiger partial charge in [0.25, 0.3) is 5.56 Å². The first-order valence-corrected chi connectivity index (χ1v) is 8.25. The summed E-state index contributed by atoms with van der Waals surface area (Å²) < 4.78 is 1.31. The molecule has 3 aromatic rings. The summed E-state index contributed by atoms with van der Waals surface area (Å²) in [5.41, 5.74) is 1.93. The van der Waals surface area contributed by atoms with Crippen molar-refractivity contribution < 1.29 is 4.79 Å². The fourth-order valence-electron chi connectivity index (χ4n) is 2.60. The van der Waals surface area contributed by atoms with E-state index in [0.29, 0.717) is 17.8 Å². The van der Waals surface area contributed by atoms with Crippen LogP contribution in [0.3, 0.4) is 0 Å². The molecular weight excluding hydrogens is 332 g/mol. The molecule has 1 amide bonds. The summed E-state index contributed by atoms with van der Waals surface area (Å²) in [7, 11) is 0. The molecule has 0 aliphatic rings. The van der Waals surface area contributed by atoms with Gasteiger partial charge >= 0.3 is 0 Å². The van der Waals surface area contributed by atoms with Gasteiger partial charge in [0.1, 0.15) is 6.54 Å². The van der Waals surface area contributed by atoms with Crippen LogP contribution in [0.4, 0.5) is 0 Å². The summed E-state index contributed by atoms with van der Waals surface area (Å²) in [5, 5.41) is 11.1. The fourth-order valence-corrected chi connectivity index (χ4v) is 2.60. The van der Waals surface area contributed by atoms with E-state index >= 15 is 0 Å². The first kappa shape index (κ1) is 17.5.